The third kappa shape index (κ3) is 3.83. The first-order chi connectivity index (χ1) is 10.7. The van der Waals surface area contributed by atoms with Crippen molar-refractivity contribution in [1.82, 2.24) is 0 Å². The number of hydrogen-bond acceptors (Lipinski definition) is 4. The summed E-state index contributed by atoms with van der Waals surface area (Å²) >= 11 is 0. The van der Waals surface area contributed by atoms with E-state index in [1.54, 1.807) is 12.1 Å². The van der Waals surface area contributed by atoms with Crippen LogP contribution in [-0.2, 0) is 14.3 Å². The molecule has 116 valence electrons. The van der Waals surface area contributed by atoms with Gasteiger partial charge in [-0.15, -0.1) is 0 Å². The molecule has 0 unspecified atom stereocenters. The molecule has 0 aliphatic rings. The molecule has 0 aliphatic heterocycles. The number of rotatable bonds is 6. The van der Waals surface area contributed by atoms with E-state index >= 15 is 0 Å². The van der Waals surface area contributed by atoms with E-state index in [4.69, 9.17) is 9.47 Å². The van der Waals surface area contributed by atoms with Crippen LogP contribution in [0.15, 0.2) is 36.4 Å². The molecule has 1 N–H and O–H groups in total. The lowest BCUT2D eigenvalue weighted by atomic mass is 10.0. The number of nitrogens with one attached hydrogen (secondary N) is 1. The summed E-state index contributed by atoms with van der Waals surface area (Å²) in [6.45, 7) is 2.79. The second kappa shape index (κ2) is 7.56. The van der Waals surface area contributed by atoms with E-state index < -0.39 is 5.97 Å². The molecule has 0 aromatic heterocycles. The van der Waals surface area contributed by atoms with E-state index in [2.05, 4.69) is 5.32 Å². The highest BCUT2D eigenvalue weighted by Crippen LogP contribution is 2.25. The van der Waals surface area contributed by atoms with Crippen LogP contribution in [0.3, 0.4) is 0 Å². The van der Waals surface area contributed by atoms with Gasteiger partial charge in [-0.1, -0.05) is 24.3 Å². The van der Waals surface area contributed by atoms with E-state index in [9.17, 15) is 9.59 Å². The fourth-order valence-electron chi connectivity index (χ4n) is 2.14. The number of benzene rings is 2. The van der Waals surface area contributed by atoms with Crippen molar-refractivity contribution < 1.29 is 19.1 Å². The smallest absolute Gasteiger partial charge is 0.339 e. The SMILES string of the molecule is CCOCCC(=O)Nc1cc2ccccc2cc1C(=O)OC. The molecule has 0 heterocycles. The Bertz CT molecular complexity index is 681. The maximum atomic E-state index is 11.9. The zero-order valence-electron chi connectivity index (χ0n) is 12.7. The first-order valence-corrected chi connectivity index (χ1v) is 7.14. The van der Waals surface area contributed by atoms with Gasteiger partial charge < -0.3 is 14.8 Å². The Labute approximate surface area is 129 Å². The van der Waals surface area contributed by atoms with Crippen LogP contribution in [0.25, 0.3) is 10.8 Å². The number of ether oxygens (including phenoxy) is 2. The van der Waals surface area contributed by atoms with Gasteiger partial charge >= 0.3 is 5.97 Å². The molecule has 0 saturated carbocycles. The molecule has 0 atom stereocenters. The number of anilines is 1. The Morgan fingerprint density at radius 3 is 2.45 bits per heavy atom. The van der Waals surface area contributed by atoms with Gasteiger partial charge in [0.1, 0.15) is 0 Å². The highest BCUT2D eigenvalue weighted by molar-refractivity contribution is 6.05. The van der Waals surface area contributed by atoms with Gasteiger partial charge in [-0.2, -0.15) is 0 Å². The van der Waals surface area contributed by atoms with Crippen molar-refractivity contribution in [3.63, 3.8) is 0 Å². The van der Waals surface area contributed by atoms with Crippen LogP contribution in [0.2, 0.25) is 0 Å². The molecule has 5 heteroatoms. The average molecular weight is 301 g/mol. The van der Waals surface area contributed by atoms with E-state index in [1.165, 1.54) is 7.11 Å². The number of fused-ring (bicyclic) bond motifs is 1. The molecule has 0 spiro atoms. The van der Waals surface area contributed by atoms with Gasteiger partial charge in [0, 0.05) is 6.61 Å². The number of esters is 1. The maximum absolute atomic E-state index is 11.9. The lowest BCUT2D eigenvalue weighted by molar-refractivity contribution is -0.117. The summed E-state index contributed by atoms with van der Waals surface area (Å²) in [6.07, 6.45) is 0.237. The molecule has 2 rings (SSSR count). The Morgan fingerprint density at radius 2 is 1.82 bits per heavy atom. The predicted octanol–water partition coefficient (Wildman–Crippen LogP) is 2.99. The van der Waals surface area contributed by atoms with Gasteiger partial charge in [-0.05, 0) is 29.8 Å². The van der Waals surface area contributed by atoms with Crippen LogP contribution in [0.1, 0.15) is 23.7 Å². The molecule has 2 aromatic carbocycles. The third-order valence-corrected chi connectivity index (χ3v) is 3.24. The van der Waals surface area contributed by atoms with Crippen molar-refractivity contribution in [3.8, 4) is 0 Å². The van der Waals surface area contributed by atoms with Crippen LogP contribution in [0.4, 0.5) is 5.69 Å². The summed E-state index contributed by atoms with van der Waals surface area (Å²) in [5.41, 5.74) is 0.790. The van der Waals surface area contributed by atoms with E-state index in [-0.39, 0.29) is 12.3 Å². The monoisotopic (exact) mass is 301 g/mol. The Kier molecular flexibility index (Phi) is 5.49. The Hall–Kier alpha value is -2.40. The molecule has 0 saturated heterocycles. The zero-order valence-corrected chi connectivity index (χ0v) is 12.7. The number of hydrogen-bond donors (Lipinski definition) is 1. The summed E-state index contributed by atoms with van der Waals surface area (Å²) < 4.78 is 9.95. The van der Waals surface area contributed by atoms with Gasteiger partial charge in [-0.25, -0.2) is 4.79 Å². The minimum absolute atomic E-state index is 0.200. The molecule has 5 nitrogen and oxygen atoms in total. The second-order valence-corrected chi connectivity index (χ2v) is 4.73. The summed E-state index contributed by atoms with van der Waals surface area (Å²) in [7, 11) is 1.32. The molecule has 2 aromatic rings. The van der Waals surface area contributed by atoms with Crippen LogP contribution in [0.5, 0.6) is 0 Å². The molecule has 1 amide bonds. The van der Waals surface area contributed by atoms with Crippen molar-refractivity contribution in [3.05, 3.63) is 42.0 Å². The first kappa shape index (κ1) is 16.0. The van der Waals surface area contributed by atoms with E-state index in [0.29, 0.717) is 24.5 Å². The van der Waals surface area contributed by atoms with Crippen molar-refractivity contribution in [2.24, 2.45) is 0 Å². The van der Waals surface area contributed by atoms with Crippen LogP contribution in [0, 0.1) is 0 Å². The third-order valence-electron chi connectivity index (χ3n) is 3.24. The minimum atomic E-state index is -0.481. The van der Waals surface area contributed by atoms with Crippen LogP contribution < -0.4 is 5.32 Å². The summed E-state index contributed by atoms with van der Waals surface area (Å²) in [4.78, 5) is 23.9. The molecular weight excluding hydrogens is 282 g/mol. The number of amides is 1. The number of carbonyl (C=O) groups is 2. The standard InChI is InChI=1S/C17H19NO4/c1-3-22-9-8-16(19)18-15-11-13-7-5-4-6-12(13)10-14(15)17(20)21-2/h4-7,10-11H,3,8-9H2,1-2H3,(H,18,19). The first-order valence-electron chi connectivity index (χ1n) is 7.14. The van der Waals surface area contributed by atoms with Gasteiger partial charge in [0.2, 0.25) is 5.91 Å². The van der Waals surface area contributed by atoms with Crippen molar-refractivity contribution in [1.29, 1.82) is 0 Å². The average Bonchev–Trinajstić information content (AvgIpc) is 2.53. The quantitative estimate of drug-likeness (QED) is 0.658. The van der Waals surface area contributed by atoms with Crippen LogP contribution >= 0.6 is 0 Å². The molecule has 0 bridgehead atoms. The molecule has 22 heavy (non-hydrogen) atoms. The Morgan fingerprint density at radius 1 is 1.14 bits per heavy atom. The lowest BCUT2D eigenvalue weighted by Crippen LogP contribution is -2.17. The number of carbonyl (C=O) groups excluding carboxylic acids is 2. The normalized spacial score (nSPS) is 10.5. The summed E-state index contributed by atoms with van der Waals surface area (Å²) in [6, 6.07) is 11.1. The second-order valence-electron chi connectivity index (χ2n) is 4.73. The Balaban J connectivity index is 2.29. The highest BCUT2D eigenvalue weighted by atomic mass is 16.5. The lowest BCUT2D eigenvalue weighted by Gasteiger charge is -2.11. The van der Waals surface area contributed by atoms with Crippen molar-refractivity contribution in [2.45, 2.75) is 13.3 Å². The van der Waals surface area contributed by atoms with Crippen molar-refractivity contribution >= 4 is 28.3 Å². The fraction of sp³-hybridized carbons (Fsp3) is 0.294. The number of methoxy groups -OCH3 is 1. The summed E-state index contributed by atoms with van der Waals surface area (Å²) in [5.74, 6) is -0.681. The molecule has 0 radical (unpaired) electrons. The van der Waals surface area contributed by atoms with Gasteiger partial charge in [0.05, 0.1) is 31.4 Å². The van der Waals surface area contributed by atoms with Gasteiger partial charge in [-0.3, -0.25) is 4.79 Å². The zero-order chi connectivity index (χ0) is 15.9. The van der Waals surface area contributed by atoms with Gasteiger partial charge in [0.25, 0.3) is 0 Å². The molecule has 0 fully saturated rings. The summed E-state index contributed by atoms with van der Waals surface area (Å²) in [5, 5.41) is 4.61. The van der Waals surface area contributed by atoms with E-state index in [1.807, 2.05) is 31.2 Å². The van der Waals surface area contributed by atoms with Crippen molar-refractivity contribution in [2.75, 3.05) is 25.6 Å². The highest BCUT2D eigenvalue weighted by Gasteiger charge is 2.15. The molecular formula is C17H19NO4. The maximum Gasteiger partial charge on any atom is 0.339 e. The van der Waals surface area contributed by atoms with Crippen LogP contribution in [-0.4, -0.2) is 32.2 Å². The van der Waals surface area contributed by atoms with E-state index in [0.717, 1.165) is 10.8 Å². The molecule has 0 aliphatic carbocycles. The topological polar surface area (TPSA) is 64.6 Å². The minimum Gasteiger partial charge on any atom is -0.465 e. The fourth-order valence-corrected chi connectivity index (χ4v) is 2.14. The largest absolute Gasteiger partial charge is 0.465 e. The predicted molar refractivity (Wildman–Crippen MR) is 85.0 cm³/mol. The van der Waals surface area contributed by atoms with Gasteiger partial charge in [0.15, 0.2) is 0 Å².